The number of benzene rings is 2. The van der Waals surface area contributed by atoms with E-state index >= 15 is 0 Å². The number of carbonyl (C=O) groups excluding carboxylic acids is 1. The van der Waals surface area contributed by atoms with Crippen molar-refractivity contribution in [2.75, 3.05) is 20.1 Å². The Balaban J connectivity index is 1.77. The summed E-state index contributed by atoms with van der Waals surface area (Å²) < 4.78 is 27.0. The second-order valence-corrected chi connectivity index (χ2v) is 9.49. The fourth-order valence-corrected chi connectivity index (χ4v) is 4.76. The number of thiophene rings is 1. The Bertz CT molecular complexity index is 1080. The molecule has 5 nitrogen and oxygen atoms in total. The average Bonchev–Trinajstić information content (AvgIpc) is 3.20. The van der Waals surface area contributed by atoms with Crippen LogP contribution in [0.15, 0.2) is 77.5 Å². The molecular weight excluding hydrogens is 392 g/mol. The van der Waals surface area contributed by atoms with Gasteiger partial charge in [-0.2, -0.15) is 4.31 Å². The third-order valence-corrected chi connectivity index (χ3v) is 7.08. The maximum absolute atomic E-state index is 12.9. The van der Waals surface area contributed by atoms with E-state index in [-0.39, 0.29) is 17.3 Å². The van der Waals surface area contributed by atoms with Gasteiger partial charge in [-0.25, -0.2) is 8.42 Å². The second-order valence-electron chi connectivity index (χ2n) is 6.41. The van der Waals surface area contributed by atoms with Crippen LogP contribution < -0.4 is 0 Å². The molecule has 0 saturated carbocycles. The van der Waals surface area contributed by atoms with Crippen LogP contribution in [-0.4, -0.2) is 43.7 Å². The Labute approximate surface area is 169 Å². The van der Waals surface area contributed by atoms with E-state index in [0.29, 0.717) is 13.1 Å². The number of hydrogen-bond donors (Lipinski definition) is 0. The summed E-state index contributed by atoms with van der Waals surface area (Å²) in [7, 11) is -2.34. The van der Waals surface area contributed by atoms with Crippen LogP contribution in [0.1, 0.15) is 4.88 Å². The maximum atomic E-state index is 12.9. The lowest BCUT2D eigenvalue weighted by atomic mass is 10.1. The van der Waals surface area contributed by atoms with Crippen molar-refractivity contribution in [2.24, 2.45) is 0 Å². The number of amides is 1. The van der Waals surface area contributed by atoms with Gasteiger partial charge in [0.2, 0.25) is 15.9 Å². The van der Waals surface area contributed by atoms with Crippen LogP contribution in [0.3, 0.4) is 0 Å². The van der Waals surface area contributed by atoms with Crippen molar-refractivity contribution in [2.45, 2.75) is 11.4 Å². The van der Waals surface area contributed by atoms with Gasteiger partial charge in [-0.15, -0.1) is 17.9 Å². The molecule has 1 heterocycles. The molecule has 28 heavy (non-hydrogen) atoms. The highest BCUT2D eigenvalue weighted by atomic mass is 32.2. The number of sulfonamides is 1. The fourth-order valence-electron chi connectivity index (χ4n) is 2.88. The van der Waals surface area contributed by atoms with Crippen molar-refractivity contribution in [3.05, 3.63) is 77.5 Å². The lowest BCUT2D eigenvalue weighted by Gasteiger charge is -2.24. The molecule has 1 amide bonds. The highest BCUT2D eigenvalue weighted by Crippen LogP contribution is 2.21. The van der Waals surface area contributed by atoms with Crippen LogP contribution in [-0.2, 0) is 21.4 Å². The minimum Gasteiger partial charge on any atom is -0.333 e. The van der Waals surface area contributed by atoms with Crippen molar-refractivity contribution < 1.29 is 13.2 Å². The molecule has 0 saturated heterocycles. The molecule has 146 valence electrons. The molecule has 3 rings (SSSR count). The second kappa shape index (κ2) is 8.68. The van der Waals surface area contributed by atoms with E-state index in [2.05, 4.69) is 6.58 Å². The van der Waals surface area contributed by atoms with Crippen molar-refractivity contribution >= 4 is 38.0 Å². The van der Waals surface area contributed by atoms with Crippen LogP contribution in [0.25, 0.3) is 10.8 Å². The maximum Gasteiger partial charge on any atom is 0.243 e. The normalized spacial score (nSPS) is 11.6. The first kappa shape index (κ1) is 20.3. The average molecular weight is 415 g/mol. The molecule has 0 radical (unpaired) electrons. The first-order valence-corrected chi connectivity index (χ1v) is 11.1. The zero-order valence-electron chi connectivity index (χ0n) is 15.6. The summed E-state index contributed by atoms with van der Waals surface area (Å²) in [5.74, 6) is -0.264. The fraction of sp³-hybridized carbons (Fsp3) is 0.190. The van der Waals surface area contributed by atoms with Crippen LogP contribution in [0.4, 0.5) is 0 Å². The van der Waals surface area contributed by atoms with Gasteiger partial charge in [-0.1, -0.05) is 42.5 Å². The molecule has 0 atom stereocenters. The van der Waals surface area contributed by atoms with E-state index in [1.54, 1.807) is 40.5 Å². The lowest BCUT2D eigenvalue weighted by molar-refractivity contribution is -0.131. The quantitative estimate of drug-likeness (QED) is 0.528. The van der Waals surface area contributed by atoms with Gasteiger partial charge in [0.1, 0.15) is 0 Å². The summed E-state index contributed by atoms with van der Waals surface area (Å²) >= 11 is 1.56. The van der Waals surface area contributed by atoms with Crippen LogP contribution >= 0.6 is 11.3 Å². The van der Waals surface area contributed by atoms with Crippen LogP contribution in [0.2, 0.25) is 0 Å². The summed E-state index contributed by atoms with van der Waals surface area (Å²) in [4.78, 5) is 15.6. The summed E-state index contributed by atoms with van der Waals surface area (Å²) in [5, 5.41) is 3.75. The van der Waals surface area contributed by atoms with Gasteiger partial charge in [0.15, 0.2) is 0 Å². The number of likely N-dealkylation sites (N-methyl/N-ethyl adjacent to an activating group) is 1. The molecule has 0 aliphatic heterocycles. The third-order valence-electron chi connectivity index (χ3n) is 4.42. The van der Waals surface area contributed by atoms with Crippen molar-refractivity contribution in [3.63, 3.8) is 0 Å². The number of fused-ring (bicyclic) bond motifs is 1. The van der Waals surface area contributed by atoms with Gasteiger partial charge < -0.3 is 4.90 Å². The Morgan fingerprint density at radius 3 is 2.54 bits per heavy atom. The zero-order valence-corrected chi connectivity index (χ0v) is 17.2. The first-order valence-electron chi connectivity index (χ1n) is 8.78. The number of carbonyl (C=O) groups is 1. The summed E-state index contributed by atoms with van der Waals surface area (Å²) in [5.41, 5.74) is 0. The Hall–Kier alpha value is -2.48. The van der Waals surface area contributed by atoms with Gasteiger partial charge in [-0.3, -0.25) is 4.79 Å². The highest BCUT2D eigenvalue weighted by molar-refractivity contribution is 7.89. The van der Waals surface area contributed by atoms with Crippen LogP contribution in [0.5, 0.6) is 0 Å². The van der Waals surface area contributed by atoms with E-state index < -0.39 is 10.0 Å². The van der Waals surface area contributed by atoms with Gasteiger partial charge >= 0.3 is 0 Å². The van der Waals surface area contributed by atoms with Gasteiger partial charge in [0.05, 0.1) is 18.0 Å². The number of nitrogens with zero attached hydrogens (tertiary/aromatic N) is 2. The van der Waals surface area contributed by atoms with Crippen molar-refractivity contribution in [3.8, 4) is 0 Å². The van der Waals surface area contributed by atoms with Gasteiger partial charge in [0, 0.05) is 18.5 Å². The Kier molecular flexibility index (Phi) is 6.28. The Morgan fingerprint density at radius 1 is 1.11 bits per heavy atom. The molecule has 1 aromatic heterocycles. The molecule has 0 N–H and O–H groups in total. The SMILES string of the molecule is C=CCN(Cc1cccs1)C(=O)CN(C)S(=O)(=O)c1ccc2ccccc2c1. The van der Waals surface area contributed by atoms with E-state index in [1.807, 2.05) is 41.8 Å². The molecule has 0 aliphatic rings. The van der Waals surface area contributed by atoms with E-state index in [1.165, 1.54) is 7.05 Å². The van der Waals surface area contributed by atoms with Crippen molar-refractivity contribution in [1.82, 2.24) is 9.21 Å². The molecule has 0 aliphatic carbocycles. The molecule has 0 unspecified atom stereocenters. The standard InChI is InChI=1S/C21H22N2O3S2/c1-3-12-23(15-19-9-6-13-27-19)21(24)16-22(2)28(25,26)20-11-10-17-7-4-5-8-18(17)14-20/h3-11,13-14H,1,12,15-16H2,2H3. The smallest absolute Gasteiger partial charge is 0.243 e. The zero-order chi connectivity index (χ0) is 20.1. The highest BCUT2D eigenvalue weighted by Gasteiger charge is 2.25. The largest absolute Gasteiger partial charge is 0.333 e. The van der Waals surface area contributed by atoms with Crippen molar-refractivity contribution in [1.29, 1.82) is 0 Å². The topological polar surface area (TPSA) is 57.7 Å². The Morgan fingerprint density at radius 2 is 1.86 bits per heavy atom. The monoisotopic (exact) mass is 414 g/mol. The van der Waals surface area contributed by atoms with E-state index in [4.69, 9.17) is 0 Å². The van der Waals surface area contributed by atoms with E-state index in [9.17, 15) is 13.2 Å². The lowest BCUT2D eigenvalue weighted by Crippen LogP contribution is -2.40. The summed E-state index contributed by atoms with van der Waals surface area (Å²) in [6.07, 6.45) is 1.64. The minimum absolute atomic E-state index is 0.176. The van der Waals surface area contributed by atoms with Gasteiger partial charge in [-0.05, 0) is 34.4 Å². The first-order chi connectivity index (χ1) is 13.4. The molecule has 0 fully saturated rings. The molecule has 0 spiro atoms. The van der Waals surface area contributed by atoms with Gasteiger partial charge in [0.25, 0.3) is 0 Å². The molecule has 2 aromatic carbocycles. The number of rotatable bonds is 8. The number of hydrogen-bond acceptors (Lipinski definition) is 4. The third kappa shape index (κ3) is 4.49. The minimum atomic E-state index is -3.77. The van der Waals surface area contributed by atoms with Crippen LogP contribution in [0, 0.1) is 0 Å². The molecule has 3 aromatic rings. The predicted molar refractivity (Wildman–Crippen MR) is 114 cm³/mol. The molecule has 7 heteroatoms. The summed E-state index contributed by atoms with van der Waals surface area (Å²) in [6, 6.07) is 16.4. The predicted octanol–water partition coefficient (Wildman–Crippen LogP) is 3.74. The summed E-state index contributed by atoms with van der Waals surface area (Å²) in [6.45, 7) is 4.27. The molecular formula is C21H22N2O3S2. The molecule has 0 bridgehead atoms. The van der Waals surface area contributed by atoms with E-state index in [0.717, 1.165) is 20.0 Å².